The maximum Gasteiger partial charge on any atom is 0.262 e. The van der Waals surface area contributed by atoms with E-state index in [1.54, 1.807) is 13.8 Å². The smallest absolute Gasteiger partial charge is 0.262 e. The molecule has 0 aliphatic carbocycles. The number of nitriles is 1. The first-order valence-corrected chi connectivity index (χ1v) is 7.34. The molecule has 2 unspecified atom stereocenters. The zero-order valence-corrected chi connectivity index (χ0v) is 14.0. The molecule has 0 saturated heterocycles. The number of hydrogen-bond acceptors (Lipinski definition) is 3. The van der Waals surface area contributed by atoms with E-state index in [2.05, 4.69) is 27.3 Å². The number of carbonyl (C=O) groups is 1. The molecule has 0 spiro atoms. The lowest BCUT2D eigenvalue weighted by atomic mass is 9.90. The fraction of sp³-hybridized carbons (Fsp3) is 0.467. The van der Waals surface area contributed by atoms with Crippen molar-refractivity contribution in [3.8, 4) is 11.8 Å². The molecule has 114 valence electrons. The van der Waals surface area contributed by atoms with Crippen molar-refractivity contribution in [2.75, 3.05) is 0 Å². The Morgan fingerprint density at radius 3 is 2.57 bits per heavy atom. The number of hydrogen-bond donors (Lipinski definition) is 1. The average molecular weight is 357 g/mol. The van der Waals surface area contributed by atoms with Crippen LogP contribution in [0.3, 0.4) is 0 Å². The maximum absolute atomic E-state index is 13.0. The Bertz CT molecular complexity index is 571. The Morgan fingerprint density at radius 1 is 1.48 bits per heavy atom. The van der Waals surface area contributed by atoms with Crippen LogP contribution in [0.1, 0.15) is 27.7 Å². The van der Waals surface area contributed by atoms with Gasteiger partial charge in [0.2, 0.25) is 0 Å². The zero-order chi connectivity index (χ0) is 16.2. The van der Waals surface area contributed by atoms with E-state index in [1.165, 1.54) is 18.2 Å². The summed E-state index contributed by atoms with van der Waals surface area (Å²) in [7, 11) is 0. The summed E-state index contributed by atoms with van der Waals surface area (Å²) in [5.74, 6) is -0.481. The molecular formula is C15H18BrFN2O2. The number of rotatable bonds is 5. The van der Waals surface area contributed by atoms with Gasteiger partial charge in [-0.3, -0.25) is 4.79 Å². The summed E-state index contributed by atoms with van der Waals surface area (Å²) >= 11 is 3.17. The molecule has 0 aromatic heterocycles. The van der Waals surface area contributed by atoms with Crippen LogP contribution in [-0.4, -0.2) is 17.6 Å². The summed E-state index contributed by atoms with van der Waals surface area (Å²) < 4.78 is 18.9. The molecule has 0 bridgehead atoms. The summed E-state index contributed by atoms with van der Waals surface area (Å²) in [4.78, 5) is 12.1. The van der Waals surface area contributed by atoms with Crippen LogP contribution in [0.4, 0.5) is 4.39 Å². The van der Waals surface area contributed by atoms with Gasteiger partial charge in [-0.05, 0) is 53.9 Å². The van der Waals surface area contributed by atoms with Crippen molar-refractivity contribution in [3.63, 3.8) is 0 Å². The van der Waals surface area contributed by atoms with E-state index in [4.69, 9.17) is 4.74 Å². The molecule has 21 heavy (non-hydrogen) atoms. The van der Waals surface area contributed by atoms with E-state index in [0.717, 1.165) is 0 Å². The van der Waals surface area contributed by atoms with Crippen LogP contribution >= 0.6 is 15.9 Å². The first-order valence-electron chi connectivity index (χ1n) is 6.54. The summed E-state index contributed by atoms with van der Waals surface area (Å²) in [5, 5.41) is 11.9. The van der Waals surface area contributed by atoms with Crippen molar-refractivity contribution in [1.29, 1.82) is 5.26 Å². The quantitative estimate of drug-likeness (QED) is 0.879. The highest BCUT2D eigenvalue weighted by Crippen LogP contribution is 2.26. The van der Waals surface area contributed by atoms with Crippen molar-refractivity contribution in [2.24, 2.45) is 5.92 Å². The average Bonchev–Trinajstić information content (AvgIpc) is 2.41. The SMILES string of the molecule is CC(Oc1ccc(F)cc1Br)C(=O)NC(C)(C#N)C(C)C. The minimum Gasteiger partial charge on any atom is -0.480 e. The third kappa shape index (κ3) is 4.43. The maximum atomic E-state index is 13.0. The third-order valence-corrected chi connectivity index (χ3v) is 3.96. The van der Waals surface area contributed by atoms with E-state index >= 15 is 0 Å². The lowest BCUT2D eigenvalue weighted by Crippen LogP contribution is -2.52. The van der Waals surface area contributed by atoms with Gasteiger partial charge in [-0.15, -0.1) is 0 Å². The number of halogens is 2. The minimum atomic E-state index is -0.964. The second-order valence-corrected chi connectivity index (χ2v) is 6.15. The van der Waals surface area contributed by atoms with Crippen molar-refractivity contribution in [1.82, 2.24) is 5.32 Å². The van der Waals surface area contributed by atoms with E-state index in [9.17, 15) is 14.4 Å². The molecule has 1 amide bonds. The molecule has 1 N–H and O–H groups in total. The third-order valence-electron chi connectivity index (χ3n) is 3.34. The molecule has 0 aliphatic rings. The van der Waals surface area contributed by atoms with Crippen molar-refractivity contribution < 1.29 is 13.9 Å². The summed E-state index contributed by atoms with van der Waals surface area (Å²) in [6.07, 6.45) is -0.807. The van der Waals surface area contributed by atoms with Gasteiger partial charge in [0.25, 0.3) is 5.91 Å². The predicted octanol–water partition coefficient (Wildman–Crippen LogP) is 3.41. The highest BCUT2D eigenvalue weighted by atomic mass is 79.9. The summed E-state index contributed by atoms with van der Waals surface area (Å²) in [5.41, 5.74) is -0.964. The lowest BCUT2D eigenvalue weighted by Gasteiger charge is -2.28. The Hall–Kier alpha value is -1.61. The second kappa shape index (κ2) is 6.90. The van der Waals surface area contributed by atoms with Crippen molar-refractivity contribution >= 4 is 21.8 Å². The number of nitrogens with one attached hydrogen (secondary N) is 1. The van der Waals surface area contributed by atoms with Crippen LogP contribution in [0.15, 0.2) is 22.7 Å². The van der Waals surface area contributed by atoms with Gasteiger partial charge in [-0.2, -0.15) is 5.26 Å². The fourth-order valence-electron chi connectivity index (χ4n) is 1.47. The van der Waals surface area contributed by atoms with Gasteiger partial charge >= 0.3 is 0 Å². The summed E-state index contributed by atoms with van der Waals surface area (Å²) in [6.45, 7) is 6.94. The molecule has 1 aromatic carbocycles. The Balaban J connectivity index is 2.78. The molecule has 0 saturated carbocycles. The molecule has 0 aliphatic heterocycles. The van der Waals surface area contributed by atoms with Crippen LogP contribution in [0.5, 0.6) is 5.75 Å². The van der Waals surface area contributed by atoms with E-state index in [0.29, 0.717) is 10.2 Å². The van der Waals surface area contributed by atoms with Crippen molar-refractivity contribution in [3.05, 3.63) is 28.5 Å². The van der Waals surface area contributed by atoms with E-state index < -0.39 is 23.4 Å². The molecule has 4 nitrogen and oxygen atoms in total. The van der Waals surface area contributed by atoms with Crippen LogP contribution in [0, 0.1) is 23.1 Å². The minimum absolute atomic E-state index is 0.0452. The van der Waals surface area contributed by atoms with E-state index in [1.807, 2.05) is 13.8 Å². The first-order chi connectivity index (χ1) is 9.69. The number of ether oxygens (including phenoxy) is 1. The fourth-order valence-corrected chi connectivity index (χ4v) is 1.92. The van der Waals surface area contributed by atoms with Gasteiger partial charge in [0.05, 0.1) is 10.5 Å². The van der Waals surface area contributed by atoms with Gasteiger partial charge in [-0.1, -0.05) is 13.8 Å². The van der Waals surface area contributed by atoms with Gasteiger partial charge < -0.3 is 10.1 Å². The highest BCUT2D eigenvalue weighted by Gasteiger charge is 2.32. The Morgan fingerprint density at radius 2 is 2.10 bits per heavy atom. The van der Waals surface area contributed by atoms with E-state index in [-0.39, 0.29) is 5.92 Å². The van der Waals surface area contributed by atoms with Gasteiger partial charge in [0, 0.05) is 0 Å². The molecular weight excluding hydrogens is 339 g/mol. The number of nitrogens with zero attached hydrogens (tertiary/aromatic N) is 1. The Kier molecular flexibility index (Phi) is 5.73. The van der Waals surface area contributed by atoms with Crippen LogP contribution in [0.25, 0.3) is 0 Å². The molecule has 1 rings (SSSR count). The molecule has 0 radical (unpaired) electrons. The van der Waals surface area contributed by atoms with Crippen LogP contribution in [0.2, 0.25) is 0 Å². The number of benzene rings is 1. The molecule has 0 heterocycles. The highest BCUT2D eigenvalue weighted by molar-refractivity contribution is 9.10. The van der Waals surface area contributed by atoms with Crippen LogP contribution < -0.4 is 10.1 Å². The predicted molar refractivity (Wildman–Crippen MR) is 81.2 cm³/mol. The Labute approximate surface area is 132 Å². The number of amides is 1. The lowest BCUT2D eigenvalue weighted by molar-refractivity contribution is -0.129. The summed E-state index contributed by atoms with van der Waals surface area (Å²) in [6, 6.07) is 6.05. The molecule has 2 atom stereocenters. The zero-order valence-electron chi connectivity index (χ0n) is 12.4. The van der Waals surface area contributed by atoms with Crippen molar-refractivity contribution in [2.45, 2.75) is 39.3 Å². The second-order valence-electron chi connectivity index (χ2n) is 5.29. The topological polar surface area (TPSA) is 62.1 Å². The molecule has 1 aromatic rings. The standard InChI is InChI=1S/C15H18BrFN2O2/c1-9(2)15(4,8-18)19-14(20)10(3)21-13-6-5-11(17)7-12(13)16/h5-7,9-10H,1-4H3,(H,19,20). The molecule has 0 fully saturated rings. The van der Waals surface area contributed by atoms with Gasteiger partial charge in [0.15, 0.2) is 6.10 Å². The molecule has 6 heteroatoms. The largest absolute Gasteiger partial charge is 0.480 e. The van der Waals surface area contributed by atoms with Crippen LogP contribution in [-0.2, 0) is 4.79 Å². The normalized spacial score (nSPS) is 15.0. The van der Waals surface area contributed by atoms with Gasteiger partial charge in [-0.25, -0.2) is 4.39 Å². The monoisotopic (exact) mass is 356 g/mol. The first kappa shape index (κ1) is 17.4. The van der Waals surface area contributed by atoms with Gasteiger partial charge in [0.1, 0.15) is 17.1 Å². The number of carbonyl (C=O) groups excluding carboxylic acids is 1.